The van der Waals surface area contributed by atoms with Crippen LogP contribution in [0.2, 0.25) is 0 Å². The number of nitrogens with zero attached hydrogens (tertiary/aromatic N) is 1. The van der Waals surface area contributed by atoms with Crippen molar-refractivity contribution < 1.29 is 14.3 Å². The molecule has 0 fully saturated rings. The Morgan fingerprint density at radius 1 is 1.40 bits per heavy atom. The summed E-state index contributed by atoms with van der Waals surface area (Å²) in [6.45, 7) is 0. The summed E-state index contributed by atoms with van der Waals surface area (Å²) in [6.07, 6.45) is 0.950. The monoisotopic (exact) mass is 205 g/mol. The average molecular weight is 205 g/mol. The molecule has 0 aliphatic heterocycles. The number of carbonyl (C=O) groups excluding carboxylic acids is 1. The summed E-state index contributed by atoms with van der Waals surface area (Å²) in [5.41, 5.74) is 0.639. The maximum absolute atomic E-state index is 10.1. The number of ether oxygens (including phenoxy) is 2. The number of rotatable bonds is 3. The molecule has 0 amide bonds. The van der Waals surface area contributed by atoms with Gasteiger partial charge in [-0.3, -0.25) is 0 Å². The van der Waals surface area contributed by atoms with Crippen LogP contribution < -0.4 is 9.47 Å². The van der Waals surface area contributed by atoms with E-state index in [-0.39, 0.29) is 6.42 Å². The van der Waals surface area contributed by atoms with Gasteiger partial charge in [0.2, 0.25) is 11.8 Å². The van der Waals surface area contributed by atoms with Gasteiger partial charge in [-0.05, 0) is 6.07 Å². The lowest BCUT2D eigenvalue weighted by Crippen LogP contribution is -1.94. The van der Waals surface area contributed by atoms with Crippen molar-refractivity contribution in [2.45, 2.75) is 6.42 Å². The zero-order valence-corrected chi connectivity index (χ0v) is 8.61. The second kappa shape index (κ2) is 5.66. The summed E-state index contributed by atoms with van der Waals surface area (Å²) < 4.78 is 9.98. The Morgan fingerprint density at radius 2 is 2.20 bits per heavy atom. The SMILES string of the molecule is COc1ccc(C#CCC=O)c(OC)n1. The molecule has 0 bridgehead atoms. The van der Waals surface area contributed by atoms with E-state index in [1.165, 1.54) is 14.2 Å². The summed E-state index contributed by atoms with van der Waals surface area (Å²) in [5, 5.41) is 0. The number of hydrogen-bond acceptors (Lipinski definition) is 4. The number of hydrogen-bond donors (Lipinski definition) is 0. The van der Waals surface area contributed by atoms with Crippen LogP contribution in [0.4, 0.5) is 0 Å². The van der Waals surface area contributed by atoms with Gasteiger partial charge in [-0.15, -0.1) is 0 Å². The molecular formula is C11H11NO3. The Balaban J connectivity index is 2.98. The summed E-state index contributed by atoms with van der Waals surface area (Å²) in [7, 11) is 3.03. The highest BCUT2D eigenvalue weighted by atomic mass is 16.5. The molecule has 0 atom stereocenters. The van der Waals surface area contributed by atoms with Gasteiger partial charge in [0.1, 0.15) is 6.29 Å². The molecule has 0 saturated heterocycles. The minimum absolute atomic E-state index is 0.204. The van der Waals surface area contributed by atoms with Gasteiger partial charge in [0, 0.05) is 6.07 Å². The minimum Gasteiger partial charge on any atom is -0.481 e. The second-order valence-corrected chi connectivity index (χ2v) is 2.58. The third kappa shape index (κ3) is 2.99. The summed E-state index contributed by atoms with van der Waals surface area (Å²) >= 11 is 0. The molecule has 0 aliphatic carbocycles. The first-order chi connectivity index (χ1) is 7.31. The Labute approximate surface area is 88.2 Å². The van der Waals surface area contributed by atoms with Crippen LogP contribution in [0, 0.1) is 11.8 Å². The molecule has 1 aromatic heterocycles. The molecule has 0 unspecified atom stereocenters. The van der Waals surface area contributed by atoms with Gasteiger partial charge in [0.25, 0.3) is 0 Å². The molecule has 0 N–H and O–H groups in total. The minimum atomic E-state index is 0.204. The van der Waals surface area contributed by atoms with Gasteiger partial charge in [-0.25, -0.2) is 0 Å². The molecule has 1 rings (SSSR count). The van der Waals surface area contributed by atoms with Crippen LogP contribution >= 0.6 is 0 Å². The molecule has 4 nitrogen and oxygen atoms in total. The summed E-state index contributed by atoms with van der Waals surface area (Å²) in [6, 6.07) is 3.43. The third-order valence-corrected chi connectivity index (χ3v) is 1.65. The zero-order valence-electron chi connectivity index (χ0n) is 8.61. The Hall–Kier alpha value is -2.02. The fraction of sp³-hybridized carbons (Fsp3) is 0.273. The standard InChI is InChI=1S/C11H11NO3/c1-14-10-7-6-9(5-3-4-8-13)11(12-10)15-2/h6-8H,4H2,1-2H3. The van der Waals surface area contributed by atoms with Crippen molar-refractivity contribution in [1.29, 1.82) is 0 Å². The van der Waals surface area contributed by atoms with Crippen molar-refractivity contribution >= 4 is 6.29 Å². The predicted octanol–water partition coefficient (Wildman–Crippen LogP) is 1.04. The molecular weight excluding hydrogens is 194 g/mol. The number of aldehydes is 1. The van der Waals surface area contributed by atoms with Crippen molar-refractivity contribution in [2.75, 3.05) is 14.2 Å². The fourth-order valence-corrected chi connectivity index (χ4v) is 0.976. The van der Waals surface area contributed by atoms with E-state index < -0.39 is 0 Å². The topological polar surface area (TPSA) is 48.4 Å². The molecule has 0 spiro atoms. The second-order valence-electron chi connectivity index (χ2n) is 2.58. The van der Waals surface area contributed by atoms with E-state index in [0.717, 1.165) is 6.29 Å². The number of aromatic nitrogens is 1. The van der Waals surface area contributed by atoms with Crippen molar-refractivity contribution in [1.82, 2.24) is 4.98 Å². The number of methoxy groups -OCH3 is 2. The highest BCUT2D eigenvalue weighted by molar-refractivity contribution is 5.55. The van der Waals surface area contributed by atoms with E-state index in [9.17, 15) is 4.79 Å². The van der Waals surface area contributed by atoms with Crippen LogP contribution in [-0.2, 0) is 4.79 Å². The van der Waals surface area contributed by atoms with Gasteiger partial charge < -0.3 is 14.3 Å². The average Bonchev–Trinajstić information content (AvgIpc) is 2.29. The normalized spacial score (nSPS) is 8.67. The molecule has 0 aromatic carbocycles. The van der Waals surface area contributed by atoms with E-state index in [1.807, 2.05) is 0 Å². The summed E-state index contributed by atoms with van der Waals surface area (Å²) in [4.78, 5) is 14.1. The lowest BCUT2D eigenvalue weighted by Gasteiger charge is -2.03. The molecule has 0 saturated carbocycles. The molecule has 78 valence electrons. The fourth-order valence-electron chi connectivity index (χ4n) is 0.976. The lowest BCUT2D eigenvalue weighted by atomic mass is 10.2. The van der Waals surface area contributed by atoms with Crippen LogP contribution in [0.25, 0.3) is 0 Å². The van der Waals surface area contributed by atoms with Crippen LogP contribution in [0.3, 0.4) is 0 Å². The van der Waals surface area contributed by atoms with Crippen molar-refractivity contribution in [3.05, 3.63) is 17.7 Å². The van der Waals surface area contributed by atoms with Gasteiger partial charge in [-0.1, -0.05) is 11.8 Å². The predicted molar refractivity (Wildman–Crippen MR) is 54.9 cm³/mol. The van der Waals surface area contributed by atoms with Crippen LogP contribution in [0.1, 0.15) is 12.0 Å². The Kier molecular flexibility index (Phi) is 4.17. The molecule has 0 aliphatic rings. The van der Waals surface area contributed by atoms with Crippen LogP contribution in [-0.4, -0.2) is 25.5 Å². The van der Waals surface area contributed by atoms with Crippen molar-refractivity contribution in [3.8, 4) is 23.6 Å². The summed E-state index contributed by atoms with van der Waals surface area (Å²) in [5.74, 6) is 6.34. The maximum atomic E-state index is 10.1. The molecule has 4 heteroatoms. The molecule has 15 heavy (non-hydrogen) atoms. The maximum Gasteiger partial charge on any atom is 0.232 e. The van der Waals surface area contributed by atoms with Crippen LogP contribution in [0.15, 0.2) is 12.1 Å². The quantitative estimate of drug-likeness (QED) is 0.546. The first-order valence-corrected chi connectivity index (χ1v) is 4.33. The van der Waals surface area contributed by atoms with Crippen molar-refractivity contribution in [3.63, 3.8) is 0 Å². The number of pyridine rings is 1. The van der Waals surface area contributed by atoms with Gasteiger partial charge in [0.15, 0.2) is 0 Å². The zero-order chi connectivity index (χ0) is 11.1. The molecule has 0 radical (unpaired) electrons. The Bertz CT molecular complexity index is 404. The lowest BCUT2D eigenvalue weighted by molar-refractivity contribution is -0.107. The first-order valence-electron chi connectivity index (χ1n) is 4.33. The number of carbonyl (C=O) groups is 1. The van der Waals surface area contributed by atoms with Crippen molar-refractivity contribution in [2.24, 2.45) is 0 Å². The van der Waals surface area contributed by atoms with Crippen LogP contribution in [0.5, 0.6) is 11.8 Å². The van der Waals surface area contributed by atoms with Gasteiger partial charge in [-0.2, -0.15) is 4.98 Å². The highest BCUT2D eigenvalue weighted by Crippen LogP contribution is 2.18. The van der Waals surface area contributed by atoms with Gasteiger partial charge >= 0.3 is 0 Å². The van der Waals surface area contributed by atoms with Gasteiger partial charge in [0.05, 0.1) is 26.2 Å². The van der Waals surface area contributed by atoms with E-state index in [1.54, 1.807) is 12.1 Å². The molecule has 1 aromatic rings. The third-order valence-electron chi connectivity index (χ3n) is 1.65. The Morgan fingerprint density at radius 3 is 2.80 bits per heavy atom. The molecule has 1 heterocycles. The highest BCUT2D eigenvalue weighted by Gasteiger charge is 2.03. The first kappa shape index (κ1) is 11.1. The van der Waals surface area contributed by atoms with E-state index in [0.29, 0.717) is 17.3 Å². The smallest absolute Gasteiger partial charge is 0.232 e. The van der Waals surface area contributed by atoms with E-state index in [4.69, 9.17) is 9.47 Å². The van der Waals surface area contributed by atoms with E-state index in [2.05, 4.69) is 16.8 Å². The van der Waals surface area contributed by atoms with E-state index >= 15 is 0 Å². The largest absolute Gasteiger partial charge is 0.481 e.